The van der Waals surface area contributed by atoms with Crippen molar-refractivity contribution in [3.63, 3.8) is 0 Å². The van der Waals surface area contributed by atoms with Gasteiger partial charge in [-0.15, -0.1) is 0 Å². The predicted octanol–water partition coefficient (Wildman–Crippen LogP) is 2.83. The Morgan fingerprint density at radius 2 is 2.09 bits per heavy atom. The van der Waals surface area contributed by atoms with Crippen molar-refractivity contribution in [2.75, 3.05) is 0 Å². The van der Waals surface area contributed by atoms with Crippen LogP contribution in [0, 0.1) is 0 Å². The largest absolute Gasteiger partial charge is 0.345 e. The number of nitrogens with one attached hydrogen (secondary N) is 1. The zero-order valence-corrected chi connectivity index (χ0v) is 14.7. The van der Waals surface area contributed by atoms with Gasteiger partial charge in [-0.1, -0.05) is 11.6 Å². The van der Waals surface area contributed by atoms with E-state index in [0.717, 1.165) is 24.8 Å². The van der Waals surface area contributed by atoms with E-state index in [-0.39, 0.29) is 17.5 Å². The molecule has 0 unspecified atom stereocenters. The van der Waals surface area contributed by atoms with Crippen LogP contribution in [0.1, 0.15) is 61.3 Å². The van der Waals surface area contributed by atoms with Gasteiger partial charge in [0.15, 0.2) is 0 Å². The van der Waals surface area contributed by atoms with Gasteiger partial charge in [0, 0.05) is 18.3 Å². The fourth-order valence-corrected chi connectivity index (χ4v) is 3.27. The SMILES string of the molecule is Cn1ncc(C(=O)N[C@@H]2CCCc3c2cnn3C(C)(C)C)c1Cl. The summed E-state index contributed by atoms with van der Waals surface area (Å²) in [5.74, 6) is -0.190. The van der Waals surface area contributed by atoms with E-state index < -0.39 is 0 Å². The van der Waals surface area contributed by atoms with Gasteiger partial charge >= 0.3 is 0 Å². The van der Waals surface area contributed by atoms with Gasteiger partial charge in [0.2, 0.25) is 0 Å². The normalized spacial score (nSPS) is 17.9. The van der Waals surface area contributed by atoms with Crippen LogP contribution in [0.5, 0.6) is 0 Å². The third kappa shape index (κ3) is 2.87. The Morgan fingerprint density at radius 1 is 1.35 bits per heavy atom. The van der Waals surface area contributed by atoms with Crippen LogP contribution in [0.25, 0.3) is 0 Å². The monoisotopic (exact) mass is 335 g/mol. The summed E-state index contributed by atoms with van der Waals surface area (Å²) in [7, 11) is 1.71. The zero-order chi connectivity index (χ0) is 16.8. The van der Waals surface area contributed by atoms with Crippen molar-refractivity contribution < 1.29 is 4.79 Å². The third-order valence-corrected chi connectivity index (χ3v) is 4.68. The topological polar surface area (TPSA) is 64.7 Å². The molecule has 1 aliphatic carbocycles. The number of amides is 1. The molecule has 124 valence electrons. The van der Waals surface area contributed by atoms with Gasteiger partial charge in [-0.05, 0) is 40.0 Å². The molecule has 23 heavy (non-hydrogen) atoms. The second-order valence-electron chi connectivity index (χ2n) is 7.02. The lowest BCUT2D eigenvalue weighted by Crippen LogP contribution is -2.32. The van der Waals surface area contributed by atoms with Crippen LogP contribution in [0.15, 0.2) is 12.4 Å². The lowest BCUT2D eigenvalue weighted by molar-refractivity contribution is 0.0932. The number of rotatable bonds is 2. The molecule has 0 saturated heterocycles. The molecule has 3 rings (SSSR count). The van der Waals surface area contributed by atoms with E-state index in [4.69, 9.17) is 11.6 Å². The molecule has 0 radical (unpaired) electrons. The molecule has 0 fully saturated rings. The minimum absolute atomic E-state index is 0.0291. The van der Waals surface area contributed by atoms with Crippen molar-refractivity contribution in [3.8, 4) is 0 Å². The van der Waals surface area contributed by atoms with E-state index in [9.17, 15) is 4.79 Å². The number of hydrogen-bond donors (Lipinski definition) is 1. The van der Waals surface area contributed by atoms with E-state index in [1.807, 2.05) is 6.20 Å². The quantitative estimate of drug-likeness (QED) is 0.917. The fraction of sp³-hybridized carbons (Fsp3) is 0.562. The molecule has 1 N–H and O–H groups in total. The first-order chi connectivity index (χ1) is 10.8. The van der Waals surface area contributed by atoms with Crippen LogP contribution in [-0.2, 0) is 19.0 Å². The van der Waals surface area contributed by atoms with Gasteiger partial charge in [-0.3, -0.25) is 14.2 Å². The highest BCUT2D eigenvalue weighted by molar-refractivity contribution is 6.32. The summed E-state index contributed by atoms with van der Waals surface area (Å²) >= 11 is 6.11. The fourth-order valence-electron chi connectivity index (χ4n) is 3.10. The molecule has 2 aromatic rings. The second-order valence-corrected chi connectivity index (χ2v) is 7.38. The Kier molecular flexibility index (Phi) is 3.96. The molecule has 2 aromatic heterocycles. The van der Waals surface area contributed by atoms with Crippen LogP contribution >= 0.6 is 11.6 Å². The minimum atomic E-state index is -0.190. The van der Waals surface area contributed by atoms with Gasteiger partial charge < -0.3 is 5.32 Å². The van der Waals surface area contributed by atoms with E-state index in [1.165, 1.54) is 16.6 Å². The van der Waals surface area contributed by atoms with Crippen molar-refractivity contribution >= 4 is 17.5 Å². The number of aryl methyl sites for hydroxylation is 1. The number of halogens is 1. The molecule has 0 bridgehead atoms. The summed E-state index contributed by atoms with van der Waals surface area (Å²) < 4.78 is 3.55. The summed E-state index contributed by atoms with van der Waals surface area (Å²) in [6, 6.07) is -0.0291. The molecule has 1 atom stereocenters. The van der Waals surface area contributed by atoms with E-state index >= 15 is 0 Å². The van der Waals surface area contributed by atoms with Gasteiger partial charge in [0.1, 0.15) is 5.15 Å². The highest BCUT2D eigenvalue weighted by Crippen LogP contribution is 2.32. The van der Waals surface area contributed by atoms with Crippen LogP contribution in [0.2, 0.25) is 5.15 Å². The summed E-state index contributed by atoms with van der Waals surface area (Å²) in [4.78, 5) is 12.5. The average molecular weight is 336 g/mol. The van der Waals surface area contributed by atoms with E-state index in [0.29, 0.717) is 10.7 Å². The maximum Gasteiger partial charge on any atom is 0.256 e. The van der Waals surface area contributed by atoms with Crippen molar-refractivity contribution in [1.29, 1.82) is 0 Å². The van der Waals surface area contributed by atoms with Crippen LogP contribution in [-0.4, -0.2) is 25.5 Å². The Bertz CT molecular complexity index is 740. The third-order valence-electron chi connectivity index (χ3n) is 4.23. The van der Waals surface area contributed by atoms with Crippen molar-refractivity contribution in [1.82, 2.24) is 24.9 Å². The van der Waals surface area contributed by atoms with Gasteiger partial charge in [-0.2, -0.15) is 10.2 Å². The molecular weight excluding hydrogens is 314 g/mol. The standard InChI is InChI=1S/C16H22ClN5O/c1-16(2,3)22-13-7-5-6-12(10(13)8-19-22)20-15(23)11-9-18-21(4)14(11)17/h8-9,12H,5-7H2,1-4H3,(H,20,23)/t12-/m1/s1. The number of fused-ring (bicyclic) bond motifs is 1. The lowest BCUT2D eigenvalue weighted by Gasteiger charge is -2.28. The molecule has 2 heterocycles. The maximum atomic E-state index is 12.5. The van der Waals surface area contributed by atoms with E-state index in [2.05, 4.69) is 41.0 Å². The highest BCUT2D eigenvalue weighted by atomic mass is 35.5. The Hall–Kier alpha value is -1.82. The van der Waals surface area contributed by atoms with Crippen LogP contribution in [0.4, 0.5) is 0 Å². The number of hydrogen-bond acceptors (Lipinski definition) is 3. The van der Waals surface area contributed by atoms with Gasteiger partial charge in [-0.25, -0.2) is 0 Å². The Morgan fingerprint density at radius 3 is 2.70 bits per heavy atom. The summed E-state index contributed by atoms with van der Waals surface area (Å²) in [6.45, 7) is 6.41. The molecule has 0 saturated carbocycles. The first-order valence-corrected chi connectivity index (χ1v) is 8.22. The van der Waals surface area contributed by atoms with Gasteiger partial charge in [0.25, 0.3) is 5.91 Å². The minimum Gasteiger partial charge on any atom is -0.345 e. The van der Waals surface area contributed by atoms with Gasteiger partial charge in [0.05, 0.1) is 29.5 Å². The second kappa shape index (κ2) is 5.67. The van der Waals surface area contributed by atoms with Crippen LogP contribution < -0.4 is 5.32 Å². The molecule has 0 aliphatic heterocycles. The molecule has 0 spiro atoms. The first kappa shape index (κ1) is 16.1. The highest BCUT2D eigenvalue weighted by Gasteiger charge is 2.29. The molecule has 1 amide bonds. The number of carbonyl (C=O) groups is 1. The predicted molar refractivity (Wildman–Crippen MR) is 88.6 cm³/mol. The van der Waals surface area contributed by atoms with Crippen molar-refractivity contribution in [3.05, 3.63) is 34.4 Å². The van der Waals surface area contributed by atoms with Crippen molar-refractivity contribution in [2.24, 2.45) is 7.05 Å². The Balaban J connectivity index is 1.85. The van der Waals surface area contributed by atoms with Crippen molar-refractivity contribution in [2.45, 2.75) is 51.6 Å². The van der Waals surface area contributed by atoms with E-state index in [1.54, 1.807) is 7.05 Å². The molecule has 6 nitrogen and oxygen atoms in total. The molecular formula is C16H22ClN5O. The molecule has 7 heteroatoms. The first-order valence-electron chi connectivity index (χ1n) is 7.84. The molecule has 0 aromatic carbocycles. The number of nitrogens with zero attached hydrogens (tertiary/aromatic N) is 4. The summed E-state index contributed by atoms with van der Waals surface area (Å²) in [5, 5.41) is 12.0. The number of carbonyl (C=O) groups excluding carboxylic acids is 1. The smallest absolute Gasteiger partial charge is 0.256 e. The van der Waals surface area contributed by atoms with Crippen LogP contribution in [0.3, 0.4) is 0 Å². The lowest BCUT2D eigenvalue weighted by atomic mass is 9.92. The number of aromatic nitrogens is 4. The maximum absolute atomic E-state index is 12.5. The Labute approximate surface area is 140 Å². The summed E-state index contributed by atoms with van der Waals surface area (Å²) in [5.41, 5.74) is 2.67. The molecule has 1 aliphatic rings. The zero-order valence-electron chi connectivity index (χ0n) is 13.9. The summed E-state index contributed by atoms with van der Waals surface area (Å²) in [6.07, 6.45) is 6.31. The average Bonchev–Trinajstić information content (AvgIpc) is 3.04.